The van der Waals surface area contributed by atoms with Crippen LogP contribution in [0, 0.1) is 0 Å². The number of hydrogen-bond acceptors (Lipinski definition) is 5. The summed E-state index contributed by atoms with van der Waals surface area (Å²) in [5.41, 5.74) is 8.40. The van der Waals surface area contributed by atoms with E-state index in [1.807, 2.05) is 30.3 Å². The van der Waals surface area contributed by atoms with E-state index < -0.39 is 6.17 Å². The van der Waals surface area contributed by atoms with Gasteiger partial charge < -0.3 is 14.2 Å². The maximum atomic E-state index is 6.62. The summed E-state index contributed by atoms with van der Waals surface area (Å²) in [4.78, 5) is 10.8. The van der Waals surface area contributed by atoms with Gasteiger partial charge in [0, 0.05) is 38.2 Å². The molecule has 0 bridgehead atoms. The van der Waals surface area contributed by atoms with Crippen molar-refractivity contribution in [1.82, 2.24) is 5.32 Å². The van der Waals surface area contributed by atoms with Gasteiger partial charge in [0.25, 0.3) is 0 Å². The van der Waals surface area contributed by atoms with E-state index >= 15 is 0 Å². The number of aliphatic imine (C=N–C) groups is 2. The first-order valence-electron chi connectivity index (χ1n) is 17.5. The van der Waals surface area contributed by atoms with Gasteiger partial charge in [0.2, 0.25) is 0 Å². The zero-order valence-electron chi connectivity index (χ0n) is 27.9. The Kier molecular flexibility index (Phi) is 6.25. The lowest BCUT2D eigenvalue weighted by atomic mass is 9.93. The van der Waals surface area contributed by atoms with Gasteiger partial charge in [0.05, 0.1) is 0 Å². The van der Waals surface area contributed by atoms with Crippen LogP contribution in [0.2, 0.25) is 0 Å². The van der Waals surface area contributed by atoms with Gasteiger partial charge >= 0.3 is 0 Å². The molecule has 0 fully saturated rings. The van der Waals surface area contributed by atoms with Crippen LogP contribution >= 0.6 is 0 Å². The van der Waals surface area contributed by atoms with Crippen LogP contribution in [0.15, 0.2) is 183 Å². The highest BCUT2D eigenvalue weighted by molar-refractivity contribution is 6.26. The predicted octanol–water partition coefficient (Wildman–Crippen LogP) is 12.0. The molecule has 1 atom stereocenters. The molecule has 1 aliphatic rings. The molecule has 0 amide bonds. The van der Waals surface area contributed by atoms with Gasteiger partial charge in [-0.15, -0.1) is 0 Å². The number of benzene rings is 8. The topological polar surface area (TPSA) is 63.0 Å². The highest BCUT2D eigenvalue weighted by atomic mass is 16.3. The van der Waals surface area contributed by atoms with Crippen molar-refractivity contribution in [2.75, 3.05) is 0 Å². The smallest absolute Gasteiger partial charge is 0.159 e. The summed E-state index contributed by atoms with van der Waals surface area (Å²) in [5, 5.41) is 12.6. The molecular weight excluding hydrogens is 639 g/mol. The molecule has 0 aliphatic carbocycles. The van der Waals surface area contributed by atoms with E-state index in [0.717, 1.165) is 93.7 Å². The zero-order chi connectivity index (χ0) is 34.2. The monoisotopic (exact) mass is 667 g/mol. The standard InChI is InChI=1S/C47H29N3O2/c1-2-12-29(13-3-1)34-23-24-40-43(37-26-31-15-6-7-16-32(31)27-41(37)52-40)44(34)47-49-45(33-22-21-28-11-4-5-14-30(28)25-33)48-46(50-47)36-18-10-20-39-42(36)35-17-8-9-19-38(35)51-39/h1-27,46H,(H,48,49,50). The molecular formula is C47H29N3O2. The van der Waals surface area contributed by atoms with Crippen molar-refractivity contribution in [3.05, 3.63) is 180 Å². The van der Waals surface area contributed by atoms with Gasteiger partial charge in [-0.25, -0.2) is 9.98 Å². The van der Waals surface area contributed by atoms with Crippen LogP contribution in [0.4, 0.5) is 0 Å². The van der Waals surface area contributed by atoms with Crippen LogP contribution in [0.1, 0.15) is 22.9 Å². The molecule has 5 nitrogen and oxygen atoms in total. The number of para-hydroxylation sites is 1. The Bertz CT molecular complexity index is 3110. The van der Waals surface area contributed by atoms with Crippen LogP contribution in [0.5, 0.6) is 0 Å². The maximum Gasteiger partial charge on any atom is 0.159 e. The van der Waals surface area contributed by atoms with Gasteiger partial charge in [-0.1, -0.05) is 121 Å². The molecule has 1 unspecified atom stereocenters. The summed E-state index contributed by atoms with van der Waals surface area (Å²) in [5.74, 6) is 1.39. The third-order valence-electron chi connectivity index (χ3n) is 10.3. The van der Waals surface area contributed by atoms with Crippen molar-refractivity contribution in [3.8, 4) is 11.1 Å². The van der Waals surface area contributed by atoms with E-state index in [0.29, 0.717) is 5.84 Å². The van der Waals surface area contributed by atoms with Crippen LogP contribution in [-0.2, 0) is 0 Å². The normalized spacial score (nSPS) is 14.7. The number of fused-ring (bicyclic) bond motifs is 8. The first-order chi connectivity index (χ1) is 25.7. The second-order valence-electron chi connectivity index (χ2n) is 13.4. The SMILES string of the molecule is c1ccc(-c2ccc3oc4cc5ccccc5cc4c3c2C2=NC(c3ccc4ccccc4c3)=NC(c3cccc4oc5ccccc5c34)N2)cc1. The molecule has 11 rings (SSSR count). The quantitative estimate of drug-likeness (QED) is 0.203. The first-order valence-corrected chi connectivity index (χ1v) is 17.5. The van der Waals surface area contributed by atoms with E-state index in [1.54, 1.807) is 0 Å². The van der Waals surface area contributed by atoms with Gasteiger partial charge in [-0.2, -0.15) is 0 Å². The Balaban J connectivity index is 1.21. The fourth-order valence-corrected chi connectivity index (χ4v) is 7.88. The summed E-state index contributed by atoms with van der Waals surface area (Å²) in [6.07, 6.45) is -0.462. The molecule has 244 valence electrons. The molecule has 0 radical (unpaired) electrons. The Hall–Kier alpha value is -6.98. The van der Waals surface area contributed by atoms with Crippen molar-refractivity contribution >= 4 is 77.1 Å². The Morgan fingerprint density at radius 3 is 2.02 bits per heavy atom. The lowest BCUT2D eigenvalue weighted by Gasteiger charge is -2.26. The van der Waals surface area contributed by atoms with Crippen LogP contribution in [-0.4, -0.2) is 11.7 Å². The summed E-state index contributed by atoms with van der Waals surface area (Å²) in [6.45, 7) is 0. The number of nitrogens with zero attached hydrogens (tertiary/aromatic N) is 2. The van der Waals surface area contributed by atoms with E-state index in [-0.39, 0.29) is 0 Å². The van der Waals surface area contributed by atoms with Gasteiger partial charge in [-0.3, -0.25) is 0 Å². The van der Waals surface area contributed by atoms with Crippen molar-refractivity contribution in [3.63, 3.8) is 0 Å². The van der Waals surface area contributed by atoms with E-state index in [9.17, 15) is 0 Å². The Morgan fingerprint density at radius 2 is 1.15 bits per heavy atom. The zero-order valence-corrected chi connectivity index (χ0v) is 27.9. The fraction of sp³-hybridized carbons (Fsp3) is 0.0213. The first kappa shape index (κ1) is 28.8. The summed E-state index contributed by atoms with van der Waals surface area (Å²) in [6, 6.07) is 56.8. The number of rotatable bonds is 4. The molecule has 0 saturated heterocycles. The molecule has 1 aliphatic heterocycles. The minimum Gasteiger partial charge on any atom is -0.456 e. The van der Waals surface area contributed by atoms with Crippen molar-refractivity contribution in [2.24, 2.45) is 9.98 Å². The van der Waals surface area contributed by atoms with E-state index in [2.05, 4.69) is 139 Å². The molecule has 0 saturated carbocycles. The molecule has 5 heteroatoms. The number of nitrogens with one attached hydrogen (secondary N) is 1. The summed E-state index contributed by atoms with van der Waals surface area (Å²) >= 11 is 0. The molecule has 52 heavy (non-hydrogen) atoms. The Morgan fingerprint density at radius 1 is 0.462 bits per heavy atom. The second kappa shape index (κ2) is 11.3. The van der Waals surface area contributed by atoms with Gasteiger partial charge in [0.15, 0.2) is 5.84 Å². The van der Waals surface area contributed by atoms with E-state index in [4.69, 9.17) is 18.8 Å². The largest absolute Gasteiger partial charge is 0.456 e. The fourth-order valence-electron chi connectivity index (χ4n) is 7.88. The number of hydrogen-bond donors (Lipinski definition) is 1. The van der Waals surface area contributed by atoms with Gasteiger partial charge in [-0.05, 0) is 75.1 Å². The third-order valence-corrected chi connectivity index (χ3v) is 10.3. The van der Waals surface area contributed by atoms with Crippen LogP contribution < -0.4 is 5.32 Å². The highest BCUT2D eigenvalue weighted by Crippen LogP contribution is 2.41. The molecule has 10 aromatic rings. The van der Waals surface area contributed by atoms with E-state index in [1.165, 1.54) is 5.39 Å². The predicted molar refractivity (Wildman–Crippen MR) is 213 cm³/mol. The number of furan rings is 2. The van der Waals surface area contributed by atoms with Crippen molar-refractivity contribution in [1.29, 1.82) is 0 Å². The lowest BCUT2D eigenvalue weighted by Crippen LogP contribution is -2.34. The second-order valence-corrected chi connectivity index (χ2v) is 13.4. The average molecular weight is 668 g/mol. The maximum absolute atomic E-state index is 6.62. The summed E-state index contributed by atoms with van der Waals surface area (Å²) in [7, 11) is 0. The van der Waals surface area contributed by atoms with Crippen LogP contribution in [0.25, 0.3) is 76.5 Å². The minimum absolute atomic E-state index is 0.462. The highest BCUT2D eigenvalue weighted by Gasteiger charge is 2.28. The summed E-state index contributed by atoms with van der Waals surface area (Å²) < 4.78 is 13.0. The molecule has 2 aromatic heterocycles. The molecule has 3 heterocycles. The minimum atomic E-state index is -0.462. The third kappa shape index (κ3) is 4.49. The average Bonchev–Trinajstić information content (AvgIpc) is 3.77. The van der Waals surface area contributed by atoms with Gasteiger partial charge in [0.1, 0.15) is 34.3 Å². The molecule has 8 aromatic carbocycles. The Labute approximate surface area is 298 Å². The lowest BCUT2D eigenvalue weighted by molar-refractivity contribution is 0.662. The van der Waals surface area contributed by atoms with Crippen LogP contribution in [0.3, 0.4) is 0 Å². The molecule has 1 N–H and O–H groups in total. The molecule has 0 spiro atoms. The number of amidine groups is 2. The van der Waals surface area contributed by atoms with Crippen molar-refractivity contribution < 1.29 is 8.83 Å². The van der Waals surface area contributed by atoms with Crippen molar-refractivity contribution in [2.45, 2.75) is 6.17 Å².